The van der Waals surface area contributed by atoms with Gasteiger partial charge in [0, 0.05) is 20.8 Å². The van der Waals surface area contributed by atoms with Crippen LogP contribution in [0, 0.1) is 17.2 Å². The molecule has 44 heavy (non-hydrogen) atoms. The van der Waals surface area contributed by atoms with Gasteiger partial charge in [0.1, 0.15) is 0 Å². The van der Waals surface area contributed by atoms with Crippen LogP contribution >= 0.6 is 78.3 Å². The predicted molar refractivity (Wildman–Crippen MR) is 183 cm³/mol. The molecule has 3 atom stereocenters. The van der Waals surface area contributed by atoms with Crippen LogP contribution < -0.4 is 0 Å². The molecule has 4 aromatic rings. The molecule has 0 aliphatic rings. The van der Waals surface area contributed by atoms with Crippen LogP contribution in [0.5, 0.6) is 0 Å². The van der Waals surface area contributed by atoms with Crippen molar-refractivity contribution in [1.82, 2.24) is 0 Å². The van der Waals surface area contributed by atoms with E-state index in [9.17, 15) is 14.9 Å². The quantitative estimate of drug-likeness (QED) is 0.170. The van der Waals surface area contributed by atoms with E-state index in [2.05, 4.69) is 37.9 Å². The van der Waals surface area contributed by atoms with Gasteiger partial charge in [0.2, 0.25) is 0 Å². The normalized spacial score (nSPS) is 12.6. The first-order valence-electron chi connectivity index (χ1n) is 13.1. The van der Waals surface area contributed by atoms with Gasteiger partial charge in [-0.25, -0.2) is 0 Å². The Morgan fingerprint density at radius 2 is 1.20 bits per heavy atom. The number of hydrogen-bond donors (Lipinski definition) is 1. The molecule has 11 heteroatoms. The minimum Gasteiger partial charge on any atom is -0.481 e. The summed E-state index contributed by atoms with van der Waals surface area (Å²) in [5, 5.41) is 20.4. The molecular weight excluding hydrogens is 776 g/mol. The number of carboxylic acid groups (broad SMARTS) is 1. The van der Waals surface area contributed by atoms with Crippen molar-refractivity contribution in [3.8, 4) is 6.07 Å². The fraction of sp³-hybridized carbons (Fsp3) is 0.182. The van der Waals surface area contributed by atoms with Crippen LogP contribution in [0.2, 0.25) is 20.1 Å². The molecule has 0 aliphatic heterocycles. The first-order valence-corrected chi connectivity index (χ1v) is 16.2. The van der Waals surface area contributed by atoms with Gasteiger partial charge in [0.05, 0.1) is 39.2 Å². The molecular formula is C33H25Br2Cl4NO4. The molecule has 4 rings (SSSR count). The lowest BCUT2D eigenvalue weighted by Crippen LogP contribution is -2.24. The fourth-order valence-corrected chi connectivity index (χ4v) is 5.62. The van der Waals surface area contributed by atoms with Gasteiger partial charge in [-0.1, -0.05) is 115 Å². The summed E-state index contributed by atoms with van der Waals surface area (Å²) in [6, 6.07) is 27.4. The molecule has 1 N–H and O–H groups in total. The van der Waals surface area contributed by atoms with E-state index in [0.717, 1.165) is 31.2 Å². The van der Waals surface area contributed by atoms with Crippen LogP contribution in [-0.2, 0) is 14.3 Å². The zero-order valence-electron chi connectivity index (χ0n) is 23.1. The van der Waals surface area contributed by atoms with Gasteiger partial charge in [0.15, 0.2) is 5.92 Å². The summed E-state index contributed by atoms with van der Waals surface area (Å²) in [7, 11) is 0. The lowest BCUT2D eigenvalue weighted by atomic mass is 9.81. The average molecular weight is 801 g/mol. The fourth-order valence-electron chi connectivity index (χ4n) is 4.48. The zero-order chi connectivity index (χ0) is 32.4. The lowest BCUT2D eigenvalue weighted by molar-refractivity contribution is -0.146. The maximum atomic E-state index is 12.3. The van der Waals surface area contributed by atoms with Crippen molar-refractivity contribution >= 4 is 90.2 Å². The summed E-state index contributed by atoms with van der Waals surface area (Å²) in [5.41, 5.74) is 3.31. The first-order chi connectivity index (χ1) is 20.9. The van der Waals surface area contributed by atoms with Crippen LogP contribution in [0.3, 0.4) is 0 Å². The minimum absolute atomic E-state index is 0.000403. The number of carboxylic acids is 1. The van der Waals surface area contributed by atoms with Crippen molar-refractivity contribution in [1.29, 1.82) is 5.26 Å². The molecule has 0 spiro atoms. The predicted octanol–water partition coefficient (Wildman–Crippen LogP) is 11.0. The van der Waals surface area contributed by atoms with Gasteiger partial charge in [-0.05, 0) is 77.7 Å². The number of hydrogen-bond acceptors (Lipinski definition) is 4. The molecule has 0 aromatic heterocycles. The standard InChI is InChI=1S/C18H14BrCl2NO2.C15H11BrCl2O2/c1-2-24-18(23)14(10-22)17(11-3-6-13(19)7-4-11)12-5-8-15(20)16(21)9-12;16-11-4-1-9(2-5-11)12(8-15(19)20)10-3-6-13(17)14(18)7-10/h3-9,14,17H,2H2,1H3;1-7,12H,8H2,(H,19,20). The minimum atomic E-state index is -0.983. The molecule has 0 amide bonds. The Hall–Kier alpha value is -2.57. The molecule has 0 radical (unpaired) electrons. The third-order valence-electron chi connectivity index (χ3n) is 6.54. The molecule has 0 bridgehead atoms. The molecule has 3 unspecified atom stereocenters. The Morgan fingerprint density at radius 1 is 0.750 bits per heavy atom. The van der Waals surface area contributed by atoms with E-state index < -0.39 is 23.8 Å². The smallest absolute Gasteiger partial charge is 0.324 e. The SMILES string of the molecule is CCOC(=O)C(C#N)C(c1ccc(Br)cc1)c1ccc(Cl)c(Cl)c1.O=C(O)CC(c1ccc(Br)cc1)c1ccc(Cl)c(Cl)c1. The van der Waals surface area contributed by atoms with E-state index in [4.69, 9.17) is 56.2 Å². The van der Waals surface area contributed by atoms with Gasteiger partial charge in [-0.2, -0.15) is 5.26 Å². The summed E-state index contributed by atoms with van der Waals surface area (Å²) in [4.78, 5) is 23.4. The van der Waals surface area contributed by atoms with E-state index in [1.165, 1.54) is 0 Å². The zero-order valence-corrected chi connectivity index (χ0v) is 29.3. The third-order valence-corrected chi connectivity index (χ3v) is 9.08. The maximum absolute atomic E-state index is 12.3. The number of nitrogens with zero attached hydrogens (tertiary/aromatic N) is 1. The molecule has 5 nitrogen and oxygen atoms in total. The van der Waals surface area contributed by atoms with Crippen LogP contribution in [0.25, 0.3) is 0 Å². The summed E-state index contributed by atoms with van der Waals surface area (Å²) >= 11 is 30.8. The number of ether oxygens (including phenoxy) is 1. The molecule has 0 saturated carbocycles. The van der Waals surface area contributed by atoms with Crippen molar-refractivity contribution in [2.45, 2.75) is 25.2 Å². The number of halogens is 6. The second kappa shape index (κ2) is 17.2. The number of rotatable bonds is 9. The highest BCUT2D eigenvalue weighted by molar-refractivity contribution is 9.10. The van der Waals surface area contributed by atoms with Gasteiger partial charge in [-0.3, -0.25) is 9.59 Å². The van der Waals surface area contributed by atoms with Crippen LogP contribution in [-0.4, -0.2) is 23.7 Å². The van der Waals surface area contributed by atoms with E-state index in [0.29, 0.717) is 20.1 Å². The van der Waals surface area contributed by atoms with Crippen molar-refractivity contribution in [2.75, 3.05) is 6.61 Å². The first kappa shape index (κ1) is 35.9. The second-order valence-corrected chi connectivity index (χ2v) is 12.9. The van der Waals surface area contributed by atoms with E-state index in [1.807, 2.05) is 54.6 Å². The largest absolute Gasteiger partial charge is 0.481 e. The second-order valence-electron chi connectivity index (χ2n) is 9.44. The van der Waals surface area contributed by atoms with Gasteiger partial charge < -0.3 is 9.84 Å². The van der Waals surface area contributed by atoms with Gasteiger partial charge in [0.25, 0.3) is 0 Å². The number of carbonyl (C=O) groups is 2. The molecule has 4 aromatic carbocycles. The Balaban J connectivity index is 0.000000244. The highest BCUT2D eigenvalue weighted by Gasteiger charge is 2.32. The van der Waals surface area contributed by atoms with Gasteiger partial charge in [-0.15, -0.1) is 0 Å². The summed E-state index contributed by atoms with van der Waals surface area (Å²) in [5.74, 6) is -3.15. The number of aliphatic carboxylic acids is 1. The molecule has 0 aliphatic carbocycles. The van der Waals surface area contributed by atoms with E-state index >= 15 is 0 Å². The van der Waals surface area contributed by atoms with Crippen molar-refractivity contribution in [3.63, 3.8) is 0 Å². The Kier molecular flexibility index (Phi) is 14.0. The van der Waals surface area contributed by atoms with Crippen molar-refractivity contribution in [3.05, 3.63) is 136 Å². The topological polar surface area (TPSA) is 87.4 Å². The van der Waals surface area contributed by atoms with Crippen molar-refractivity contribution < 1.29 is 19.4 Å². The Labute approximate surface area is 292 Å². The molecule has 0 fully saturated rings. The van der Waals surface area contributed by atoms with Crippen molar-refractivity contribution in [2.24, 2.45) is 5.92 Å². The monoisotopic (exact) mass is 797 g/mol. The third kappa shape index (κ3) is 9.97. The Morgan fingerprint density at radius 3 is 1.66 bits per heavy atom. The van der Waals surface area contributed by atoms with Crippen LogP contribution in [0.4, 0.5) is 0 Å². The van der Waals surface area contributed by atoms with E-state index in [-0.39, 0.29) is 18.9 Å². The van der Waals surface area contributed by atoms with Gasteiger partial charge >= 0.3 is 11.9 Å². The molecule has 0 saturated heterocycles. The number of benzene rings is 4. The highest BCUT2D eigenvalue weighted by Crippen LogP contribution is 2.37. The summed E-state index contributed by atoms with van der Waals surface area (Å²) in [6.45, 7) is 1.92. The van der Waals surface area contributed by atoms with Crippen LogP contribution in [0.1, 0.15) is 47.4 Å². The van der Waals surface area contributed by atoms with Crippen LogP contribution in [0.15, 0.2) is 93.9 Å². The summed E-state index contributed by atoms with van der Waals surface area (Å²) in [6.07, 6.45) is -0.000403. The molecule has 0 heterocycles. The Bertz CT molecular complexity index is 1640. The average Bonchev–Trinajstić information content (AvgIpc) is 2.99. The number of esters is 1. The maximum Gasteiger partial charge on any atom is 0.324 e. The number of carbonyl (C=O) groups excluding carboxylic acids is 1. The van der Waals surface area contributed by atoms with E-state index in [1.54, 1.807) is 37.3 Å². The number of nitriles is 1. The molecule has 228 valence electrons. The highest BCUT2D eigenvalue weighted by atomic mass is 79.9. The lowest BCUT2D eigenvalue weighted by Gasteiger charge is -2.22. The summed E-state index contributed by atoms with van der Waals surface area (Å²) < 4.78 is 6.92.